The van der Waals surface area contributed by atoms with Crippen LogP contribution in [0.25, 0.3) is 0 Å². The summed E-state index contributed by atoms with van der Waals surface area (Å²) in [5, 5.41) is 19.7. The Morgan fingerprint density at radius 2 is 1.90 bits per heavy atom. The lowest BCUT2D eigenvalue weighted by Crippen LogP contribution is -2.53. The van der Waals surface area contributed by atoms with Gasteiger partial charge in [0, 0.05) is 17.2 Å². The van der Waals surface area contributed by atoms with Gasteiger partial charge in [0.25, 0.3) is 0 Å². The minimum Gasteiger partial charge on any atom is -0.507 e. The summed E-state index contributed by atoms with van der Waals surface area (Å²) in [5.74, 6) is 0.232. The molecular weight excluding hydrogens is 252 g/mol. The maximum absolute atomic E-state index is 10.2. The van der Waals surface area contributed by atoms with E-state index < -0.39 is 5.66 Å². The number of hydrogen-bond acceptors (Lipinski definition) is 4. The van der Waals surface area contributed by atoms with E-state index in [0.29, 0.717) is 5.56 Å². The van der Waals surface area contributed by atoms with E-state index in [1.54, 1.807) is 6.21 Å². The second-order valence-electron chi connectivity index (χ2n) is 6.31. The van der Waals surface area contributed by atoms with Crippen molar-refractivity contribution in [1.82, 2.24) is 0 Å². The van der Waals surface area contributed by atoms with E-state index in [0.717, 1.165) is 17.5 Å². The minimum absolute atomic E-state index is 0.232. The third-order valence-electron chi connectivity index (χ3n) is 3.72. The summed E-state index contributed by atoms with van der Waals surface area (Å²) in [6, 6.07) is 3.82. The average molecular weight is 278 g/mol. The van der Waals surface area contributed by atoms with Crippen molar-refractivity contribution in [2.75, 3.05) is 6.61 Å². The molecule has 4 heteroatoms. The van der Waals surface area contributed by atoms with Crippen molar-refractivity contribution in [2.45, 2.75) is 46.7 Å². The zero-order chi connectivity index (χ0) is 15.6. The first-order valence-corrected chi connectivity index (χ1v) is 6.92. The predicted octanol–water partition coefficient (Wildman–Crippen LogP) is 2.38. The molecule has 4 nitrogen and oxygen atoms in total. The van der Waals surface area contributed by atoms with Crippen LogP contribution in [0.2, 0.25) is 0 Å². The largest absolute Gasteiger partial charge is 0.507 e. The molecule has 0 aliphatic heterocycles. The fraction of sp³-hybridized carbons (Fsp3) is 0.562. The molecule has 20 heavy (non-hydrogen) atoms. The summed E-state index contributed by atoms with van der Waals surface area (Å²) in [4.78, 5) is 4.34. The van der Waals surface area contributed by atoms with Crippen molar-refractivity contribution in [1.29, 1.82) is 0 Å². The lowest BCUT2D eigenvalue weighted by Gasteiger charge is -2.36. The number of aryl methyl sites for hydroxylation is 2. The Kier molecular flexibility index (Phi) is 4.95. The summed E-state index contributed by atoms with van der Waals surface area (Å²) in [6.45, 7) is 9.49. The van der Waals surface area contributed by atoms with Crippen molar-refractivity contribution in [3.63, 3.8) is 0 Å². The fourth-order valence-corrected chi connectivity index (χ4v) is 1.91. The van der Waals surface area contributed by atoms with Crippen LogP contribution in [0.4, 0.5) is 0 Å². The molecule has 0 aliphatic rings. The zero-order valence-electron chi connectivity index (χ0n) is 13.1. The van der Waals surface area contributed by atoms with Crippen molar-refractivity contribution < 1.29 is 10.2 Å². The maximum atomic E-state index is 10.2. The molecule has 0 bridgehead atoms. The Balaban J connectivity index is 3.22. The number of aliphatic hydroxyl groups excluding tert-OH is 1. The lowest BCUT2D eigenvalue weighted by atomic mass is 9.82. The number of nitrogens with zero attached hydrogens (tertiary/aromatic N) is 1. The number of aromatic hydroxyl groups is 1. The molecule has 0 aliphatic carbocycles. The van der Waals surface area contributed by atoms with Gasteiger partial charge in [0.05, 0.1) is 6.61 Å². The first kappa shape index (κ1) is 16.7. The van der Waals surface area contributed by atoms with Gasteiger partial charge in [-0.05, 0) is 30.5 Å². The molecule has 0 saturated carbocycles. The molecule has 1 aromatic carbocycles. The first-order valence-electron chi connectivity index (χ1n) is 6.92. The average Bonchev–Trinajstić information content (AvgIpc) is 2.37. The molecule has 0 saturated heterocycles. The zero-order valence-corrected chi connectivity index (χ0v) is 13.1. The molecule has 0 radical (unpaired) electrons. The molecule has 1 unspecified atom stereocenters. The van der Waals surface area contributed by atoms with Gasteiger partial charge in [-0.3, -0.25) is 4.99 Å². The van der Waals surface area contributed by atoms with Crippen LogP contribution in [-0.2, 0) is 6.42 Å². The maximum Gasteiger partial charge on any atom is 0.136 e. The second kappa shape index (κ2) is 5.94. The highest BCUT2D eigenvalue weighted by molar-refractivity contribution is 5.84. The van der Waals surface area contributed by atoms with Gasteiger partial charge >= 0.3 is 0 Å². The third-order valence-corrected chi connectivity index (χ3v) is 3.72. The van der Waals surface area contributed by atoms with Crippen LogP contribution in [0.5, 0.6) is 5.75 Å². The van der Waals surface area contributed by atoms with Crippen molar-refractivity contribution in [3.8, 4) is 5.75 Å². The number of nitrogens with two attached hydrogens (primary N) is 1. The van der Waals surface area contributed by atoms with Gasteiger partial charge in [-0.15, -0.1) is 0 Å². The number of benzene rings is 1. The quantitative estimate of drug-likeness (QED) is 0.740. The molecule has 0 aromatic heterocycles. The topological polar surface area (TPSA) is 78.8 Å². The molecule has 1 rings (SSSR count). The Morgan fingerprint density at radius 3 is 2.35 bits per heavy atom. The van der Waals surface area contributed by atoms with E-state index in [2.05, 4.69) is 4.99 Å². The number of phenolic OH excluding ortho intramolecular Hbond substituents is 1. The normalized spacial score (nSPS) is 15.6. The first-order chi connectivity index (χ1) is 9.14. The lowest BCUT2D eigenvalue weighted by molar-refractivity contribution is 0.103. The van der Waals surface area contributed by atoms with Crippen LogP contribution >= 0.6 is 0 Å². The second-order valence-corrected chi connectivity index (χ2v) is 6.31. The molecule has 0 spiro atoms. The predicted molar refractivity (Wildman–Crippen MR) is 83.3 cm³/mol. The molecule has 0 fully saturated rings. The minimum atomic E-state index is -1.07. The van der Waals surface area contributed by atoms with Gasteiger partial charge in [-0.25, -0.2) is 0 Å². The number of rotatable bonds is 4. The third kappa shape index (κ3) is 3.38. The standard InChI is InChI=1S/C16H26N2O2/c1-6-12-7-11(2)8-13(14(12)20)9-18-16(17,10-19)15(3,4)5/h7-9,19-20H,6,10,17H2,1-5H3. The van der Waals surface area contributed by atoms with E-state index in [1.165, 1.54) is 0 Å². The number of aliphatic hydroxyl groups is 1. The summed E-state index contributed by atoms with van der Waals surface area (Å²) in [6.07, 6.45) is 2.31. The van der Waals surface area contributed by atoms with Crippen LogP contribution in [0.3, 0.4) is 0 Å². The van der Waals surface area contributed by atoms with Crippen LogP contribution in [-0.4, -0.2) is 28.7 Å². The molecule has 0 heterocycles. The summed E-state index contributed by atoms with van der Waals surface area (Å²) in [7, 11) is 0. The van der Waals surface area contributed by atoms with Gasteiger partial charge in [0.1, 0.15) is 11.4 Å². The van der Waals surface area contributed by atoms with Gasteiger partial charge < -0.3 is 15.9 Å². The molecule has 4 N–H and O–H groups in total. The summed E-state index contributed by atoms with van der Waals surface area (Å²) < 4.78 is 0. The number of phenols is 1. The Bertz CT molecular complexity index is 504. The molecule has 0 amide bonds. The molecule has 1 atom stereocenters. The SMILES string of the molecule is CCc1cc(C)cc(C=NC(N)(CO)C(C)(C)C)c1O. The van der Waals surface area contributed by atoms with Crippen molar-refractivity contribution in [2.24, 2.45) is 16.1 Å². The van der Waals surface area contributed by atoms with E-state index >= 15 is 0 Å². The summed E-state index contributed by atoms with van der Waals surface area (Å²) in [5.41, 5.74) is 7.27. The highest BCUT2D eigenvalue weighted by Crippen LogP contribution is 2.30. The van der Waals surface area contributed by atoms with Crippen LogP contribution in [0.15, 0.2) is 17.1 Å². The van der Waals surface area contributed by atoms with E-state index in [4.69, 9.17) is 5.73 Å². The smallest absolute Gasteiger partial charge is 0.136 e. The molecule has 1 aromatic rings. The van der Waals surface area contributed by atoms with Gasteiger partial charge in [-0.1, -0.05) is 33.8 Å². The monoisotopic (exact) mass is 278 g/mol. The van der Waals surface area contributed by atoms with E-state index in [9.17, 15) is 10.2 Å². The van der Waals surface area contributed by atoms with Crippen molar-refractivity contribution >= 4 is 6.21 Å². The Labute approximate surface area is 121 Å². The van der Waals surface area contributed by atoms with E-state index in [-0.39, 0.29) is 17.8 Å². The Hall–Kier alpha value is -1.39. The van der Waals surface area contributed by atoms with Crippen molar-refractivity contribution in [3.05, 3.63) is 28.8 Å². The molecular formula is C16H26N2O2. The molecule has 112 valence electrons. The van der Waals surface area contributed by atoms with E-state index in [1.807, 2.05) is 46.8 Å². The number of hydrogen-bond donors (Lipinski definition) is 3. The van der Waals surface area contributed by atoms with Crippen LogP contribution < -0.4 is 5.73 Å². The highest BCUT2D eigenvalue weighted by atomic mass is 16.3. The summed E-state index contributed by atoms with van der Waals surface area (Å²) >= 11 is 0. The van der Waals surface area contributed by atoms with Gasteiger partial charge in [0.15, 0.2) is 0 Å². The Morgan fingerprint density at radius 1 is 1.30 bits per heavy atom. The fourth-order valence-electron chi connectivity index (χ4n) is 1.91. The highest BCUT2D eigenvalue weighted by Gasteiger charge is 2.37. The van der Waals surface area contributed by atoms with Crippen LogP contribution in [0, 0.1) is 12.3 Å². The van der Waals surface area contributed by atoms with Crippen LogP contribution in [0.1, 0.15) is 44.4 Å². The van der Waals surface area contributed by atoms with Gasteiger partial charge in [-0.2, -0.15) is 0 Å². The number of aliphatic imine (C=N–C) groups is 1. The van der Waals surface area contributed by atoms with Gasteiger partial charge in [0.2, 0.25) is 0 Å².